The van der Waals surface area contributed by atoms with Gasteiger partial charge in [-0.25, -0.2) is 0 Å². The highest BCUT2D eigenvalue weighted by Crippen LogP contribution is 2.36. The summed E-state index contributed by atoms with van der Waals surface area (Å²) >= 11 is 0. The first-order valence-electron chi connectivity index (χ1n) is 7.64. The van der Waals surface area contributed by atoms with E-state index in [2.05, 4.69) is 10.5 Å². The second kappa shape index (κ2) is 6.32. The number of amides is 1. The highest BCUT2D eigenvalue weighted by molar-refractivity contribution is 5.93. The van der Waals surface area contributed by atoms with Crippen LogP contribution < -0.4 is 5.32 Å². The second-order valence-corrected chi connectivity index (χ2v) is 5.99. The molecule has 1 aromatic heterocycles. The number of hydrogen-bond acceptors (Lipinski definition) is 4. The van der Waals surface area contributed by atoms with Gasteiger partial charge in [0.2, 0.25) is 0 Å². The molecule has 0 saturated heterocycles. The molecule has 3 rings (SSSR count). The number of aliphatic hydroxyl groups excluding tert-OH is 1. The first-order valence-corrected chi connectivity index (χ1v) is 7.64. The van der Waals surface area contributed by atoms with Crippen LogP contribution in [-0.2, 0) is 0 Å². The monoisotopic (exact) mass is 300 g/mol. The number of hydrogen-bond donors (Lipinski definition) is 2. The Balaban J connectivity index is 1.65. The zero-order valence-electron chi connectivity index (χ0n) is 12.4. The van der Waals surface area contributed by atoms with Crippen LogP contribution in [0.25, 0.3) is 11.3 Å². The second-order valence-electron chi connectivity index (χ2n) is 5.99. The Bertz CT molecular complexity index is 630. The van der Waals surface area contributed by atoms with Crippen molar-refractivity contribution in [3.8, 4) is 11.3 Å². The lowest BCUT2D eigenvalue weighted by Crippen LogP contribution is -2.38. The highest BCUT2D eigenvalue weighted by atomic mass is 16.5. The molecule has 0 radical (unpaired) electrons. The van der Waals surface area contributed by atoms with Gasteiger partial charge in [0, 0.05) is 23.6 Å². The molecule has 116 valence electrons. The summed E-state index contributed by atoms with van der Waals surface area (Å²) < 4.78 is 5.23. The molecule has 0 aliphatic heterocycles. The molecule has 1 aliphatic rings. The predicted molar refractivity (Wildman–Crippen MR) is 82.3 cm³/mol. The number of aromatic nitrogens is 1. The van der Waals surface area contributed by atoms with Gasteiger partial charge in [0.15, 0.2) is 11.5 Å². The fraction of sp³-hybridized carbons (Fsp3) is 0.412. The number of carbonyl (C=O) groups excluding carboxylic acids is 1. The molecule has 2 N–H and O–H groups in total. The van der Waals surface area contributed by atoms with Crippen LogP contribution in [0.3, 0.4) is 0 Å². The average molecular weight is 300 g/mol. The molecule has 0 atom stereocenters. The van der Waals surface area contributed by atoms with Crippen molar-refractivity contribution in [3.63, 3.8) is 0 Å². The van der Waals surface area contributed by atoms with E-state index in [0.29, 0.717) is 12.3 Å². The van der Waals surface area contributed by atoms with Crippen molar-refractivity contribution < 1.29 is 14.4 Å². The summed E-state index contributed by atoms with van der Waals surface area (Å²) in [4.78, 5) is 12.2. The molecule has 5 heteroatoms. The minimum absolute atomic E-state index is 0.112. The third kappa shape index (κ3) is 3.04. The molecule has 0 bridgehead atoms. The van der Waals surface area contributed by atoms with E-state index in [-0.39, 0.29) is 23.6 Å². The quantitative estimate of drug-likeness (QED) is 0.890. The topological polar surface area (TPSA) is 75.4 Å². The lowest BCUT2D eigenvalue weighted by atomic mass is 9.87. The Morgan fingerprint density at radius 3 is 2.68 bits per heavy atom. The van der Waals surface area contributed by atoms with Crippen LogP contribution in [0.4, 0.5) is 0 Å². The zero-order chi connectivity index (χ0) is 15.4. The SMILES string of the molecule is O=C(NCC1(CO)CCCC1)c1cc(-c2ccccc2)on1. The Hall–Kier alpha value is -2.14. The number of carbonyl (C=O) groups is 1. The zero-order valence-corrected chi connectivity index (χ0v) is 12.4. The fourth-order valence-corrected chi connectivity index (χ4v) is 2.99. The lowest BCUT2D eigenvalue weighted by molar-refractivity contribution is 0.0872. The van der Waals surface area contributed by atoms with Gasteiger partial charge >= 0.3 is 0 Å². The third-order valence-corrected chi connectivity index (χ3v) is 4.42. The summed E-state index contributed by atoms with van der Waals surface area (Å²) in [5, 5.41) is 16.3. The van der Waals surface area contributed by atoms with Gasteiger partial charge in [-0.3, -0.25) is 4.79 Å². The maximum Gasteiger partial charge on any atom is 0.273 e. The Kier molecular flexibility index (Phi) is 4.24. The molecule has 0 unspecified atom stereocenters. The lowest BCUT2D eigenvalue weighted by Gasteiger charge is -2.26. The van der Waals surface area contributed by atoms with E-state index in [1.165, 1.54) is 0 Å². The molecular formula is C17H20N2O3. The minimum Gasteiger partial charge on any atom is -0.396 e. The van der Waals surface area contributed by atoms with Crippen molar-refractivity contribution >= 4 is 5.91 Å². The summed E-state index contributed by atoms with van der Waals surface area (Å²) in [6, 6.07) is 11.2. The van der Waals surface area contributed by atoms with Gasteiger partial charge in [-0.1, -0.05) is 48.3 Å². The third-order valence-electron chi connectivity index (χ3n) is 4.42. The fourth-order valence-electron chi connectivity index (χ4n) is 2.99. The maximum atomic E-state index is 12.2. The van der Waals surface area contributed by atoms with E-state index in [1.807, 2.05) is 30.3 Å². The summed E-state index contributed by atoms with van der Waals surface area (Å²) in [5.41, 5.74) is 0.989. The molecule has 1 heterocycles. The molecular weight excluding hydrogens is 280 g/mol. The summed E-state index contributed by atoms with van der Waals surface area (Å²) in [6.45, 7) is 0.594. The van der Waals surface area contributed by atoms with Gasteiger partial charge in [-0.05, 0) is 12.8 Å². The molecule has 1 aliphatic carbocycles. The van der Waals surface area contributed by atoms with Crippen molar-refractivity contribution in [1.29, 1.82) is 0 Å². The van der Waals surface area contributed by atoms with E-state index in [4.69, 9.17) is 4.52 Å². The van der Waals surface area contributed by atoms with Crippen molar-refractivity contribution in [2.45, 2.75) is 25.7 Å². The molecule has 5 nitrogen and oxygen atoms in total. The van der Waals surface area contributed by atoms with Crippen LogP contribution in [0.1, 0.15) is 36.2 Å². The molecule has 1 aromatic carbocycles. The molecule has 2 aromatic rings. The Morgan fingerprint density at radius 1 is 1.27 bits per heavy atom. The normalized spacial score (nSPS) is 16.6. The Labute approximate surface area is 129 Å². The van der Waals surface area contributed by atoms with E-state index < -0.39 is 0 Å². The maximum absolute atomic E-state index is 12.2. The van der Waals surface area contributed by atoms with Crippen molar-refractivity contribution in [2.24, 2.45) is 5.41 Å². The van der Waals surface area contributed by atoms with E-state index in [0.717, 1.165) is 31.2 Å². The number of rotatable bonds is 5. The van der Waals surface area contributed by atoms with Crippen molar-refractivity contribution in [2.75, 3.05) is 13.2 Å². The molecule has 22 heavy (non-hydrogen) atoms. The van der Waals surface area contributed by atoms with Gasteiger partial charge in [0.1, 0.15) is 0 Å². The van der Waals surface area contributed by atoms with Gasteiger partial charge in [0.05, 0.1) is 6.61 Å². The number of nitrogens with zero attached hydrogens (tertiary/aromatic N) is 1. The van der Waals surface area contributed by atoms with Gasteiger partial charge in [-0.15, -0.1) is 0 Å². The first kappa shape index (κ1) is 14.8. The van der Waals surface area contributed by atoms with Crippen LogP contribution in [0.15, 0.2) is 40.9 Å². The molecule has 1 saturated carbocycles. The van der Waals surface area contributed by atoms with E-state index in [1.54, 1.807) is 6.07 Å². The van der Waals surface area contributed by atoms with Crippen LogP contribution >= 0.6 is 0 Å². The number of nitrogens with one attached hydrogen (secondary N) is 1. The summed E-state index contributed by atoms with van der Waals surface area (Å²) in [7, 11) is 0. The van der Waals surface area contributed by atoms with Crippen LogP contribution in [0.5, 0.6) is 0 Å². The summed E-state index contributed by atoms with van der Waals surface area (Å²) in [5.74, 6) is 0.314. The molecule has 1 fully saturated rings. The van der Waals surface area contributed by atoms with Gasteiger partial charge in [-0.2, -0.15) is 0 Å². The van der Waals surface area contributed by atoms with Crippen LogP contribution in [0, 0.1) is 5.41 Å². The van der Waals surface area contributed by atoms with Gasteiger partial charge < -0.3 is 14.9 Å². The molecule has 0 spiro atoms. The largest absolute Gasteiger partial charge is 0.396 e. The number of benzene rings is 1. The van der Waals surface area contributed by atoms with Crippen LogP contribution in [-0.4, -0.2) is 29.3 Å². The number of aliphatic hydroxyl groups is 1. The van der Waals surface area contributed by atoms with Gasteiger partial charge in [0.25, 0.3) is 5.91 Å². The van der Waals surface area contributed by atoms with Crippen LogP contribution in [0.2, 0.25) is 0 Å². The first-order chi connectivity index (χ1) is 10.7. The predicted octanol–water partition coefficient (Wildman–Crippen LogP) is 2.62. The standard InChI is InChI=1S/C17H20N2O3/c20-12-17(8-4-5-9-17)11-18-16(21)14-10-15(22-19-14)13-6-2-1-3-7-13/h1-3,6-7,10,20H,4-5,8-9,11-12H2,(H,18,21). The van der Waals surface area contributed by atoms with Crippen molar-refractivity contribution in [1.82, 2.24) is 10.5 Å². The van der Waals surface area contributed by atoms with Crippen molar-refractivity contribution in [3.05, 3.63) is 42.1 Å². The highest BCUT2D eigenvalue weighted by Gasteiger charge is 2.33. The molecule has 1 amide bonds. The smallest absolute Gasteiger partial charge is 0.273 e. The average Bonchev–Trinajstić information content (AvgIpc) is 3.24. The van der Waals surface area contributed by atoms with E-state index >= 15 is 0 Å². The van der Waals surface area contributed by atoms with E-state index in [9.17, 15) is 9.90 Å². The minimum atomic E-state index is -0.259. The summed E-state index contributed by atoms with van der Waals surface area (Å²) in [6.07, 6.45) is 4.13. The Morgan fingerprint density at radius 2 is 2.00 bits per heavy atom.